The minimum atomic E-state index is 0.481. The number of hydrogen-bond donors (Lipinski definition) is 1. The fraction of sp³-hybridized carbons (Fsp3) is 0.143. The van der Waals surface area contributed by atoms with Crippen LogP contribution >= 0.6 is 11.6 Å². The third-order valence-corrected chi connectivity index (χ3v) is 3.38. The SMILES string of the molecule is Cn1c(-c2cncc(CN)c2)cc2ccc(Cl)nc21. The van der Waals surface area contributed by atoms with Gasteiger partial charge in [0.15, 0.2) is 0 Å². The molecular formula is C14H13ClN4. The van der Waals surface area contributed by atoms with E-state index in [1.165, 1.54) is 0 Å². The van der Waals surface area contributed by atoms with Crippen LogP contribution < -0.4 is 5.73 Å². The topological polar surface area (TPSA) is 56.7 Å². The molecule has 3 rings (SSSR count). The zero-order valence-corrected chi connectivity index (χ0v) is 11.2. The summed E-state index contributed by atoms with van der Waals surface area (Å²) in [5.74, 6) is 0. The van der Waals surface area contributed by atoms with Crippen LogP contribution in [0.4, 0.5) is 0 Å². The Labute approximate surface area is 115 Å². The van der Waals surface area contributed by atoms with Crippen LogP contribution in [0, 0.1) is 0 Å². The monoisotopic (exact) mass is 272 g/mol. The van der Waals surface area contributed by atoms with Crippen LogP contribution in [0.25, 0.3) is 22.3 Å². The van der Waals surface area contributed by atoms with Crippen LogP contribution in [0.5, 0.6) is 0 Å². The van der Waals surface area contributed by atoms with Gasteiger partial charge < -0.3 is 10.3 Å². The summed E-state index contributed by atoms with van der Waals surface area (Å²) < 4.78 is 2.01. The molecule has 0 spiro atoms. The predicted molar refractivity (Wildman–Crippen MR) is 76.8 cm³/mol. The summed E-state index contributed by atoms with van der Waals surface area (Å²) in [5, 5.41) is 1.55. The molecular weight excluding hydrogens is 260 g/mol. The molecule has 2 N–H and O–H groups in total. The molecule has 0 unspecified atom stereocenters. The molecule has 0 aliphatic heterocycles. The van der Waals surface area contributed by atoms with Gasteiger partial charge in [0.05, 0.1) is 5.69 Å². The molecule has 0 saturated heterocycles. The van der Waals surface area contributed by atoms with Crippen molar-refractivity contribution in [1.82, 2.24) is 14.5 Å². The highest BCUT2D eigenvalue weighted by Gasteiger charge is 2.10. The van der Waals surface area contributed by atoms with Crippen LogP contribution in [0.15, 0.2) is 36.7 Å². The Morgan fingerprint density at radius 2 is 2.11 bits per heavy atom. The second-order valence-corrected chi connectivity index (χ2v) is 4.81. The molecule has 0 atom stereocenters. The summed E-state index contributed by atoms with van der Waals surface area (Å²) in [7, 11) is 1.97. The number of pyridine rings is 2. The van der Waals surface area contributed by atoms with Crippen molar-refractivity contribution < 1.29 is 0 Å². The third-order valence-electron chi connectivity index (χ3n) is 3.17. The third kappa shape index (κ3) is 2.09. The lowest BCUT2D eigenvalue weighted by Crippen LogP contribution is -1.98. The van der Waals surface area contributed by atoms with Crippen LogP contribution in [0.1, 0.15) is 5.56 Å². The van der Waals surface area contributed by atoms with E-state index in [4.69, 9.17) is 17.3 Å². The highest BCUT2D eigenvalue weighted by Crippen LogP contribution is 2.27. The van der Waals surface area contributed by atoms with Crippen LogP contribution in [-0.2, 0) is 13.6 Å². The average Bonchev–Trinajstić information content (AvgIpc) is 2.76. The Morgan fingerprint density at radius 1 is 1.26 bits per heavy atom. The van der Waals surface area contributed by atoms with Gasteiger partial charge in [0.1, 0.15) is 10.8 Å². The van der Waals surface area contributed by atoms with E-state index in [0.717, 1.165) is 27.9 Å². The van der Waals surface area contributed by atoms with E-state index in [0.29, 0.717) is 11.7 Å². The van der Waals surface area contributed by atoms with Crippen molar-refractivity contribution in [3.63, 3.8) is 0 Å². The number of rotatable bonds is 2. The van der Waals surface area contributed by atoms with Gasteiger partial charge in [0.25, 0.3) is 0 Å². The maximum Gasteiger partial charge on any atom is 0.141 e. The van der Waals surface area contributed by atoms with Crippen molar-refractivity contribution in [3.05, 3.63) is 47.4 Å². The molecule has 0 bridgehead atoms. The molecule has 0 saturated carbocycles. The molecule has 0 amide bonds. The molecule has 0 radical (unpaired) electrons. The van der Waals surface area contributed by atoms with Crippen molar-refractivity contribution in [2.75, 3.05) is 0 Å². The van der Waals surface area contributed by atoms with Crippen molar-refractivity contribution >= 4 is 22.6 Å². The Morgan fingerprint density at radius 3 is 2.89 bits per heavy atom. The Bertz CT molecular complexity index is 748. The van der Waals surface area contributed by atoms with E-state index in [-0.39, 0.29) is 0 Å². The van der Waals surface area contributed by atoms with E-state index >= 15 is 0 Å². The summed E-state index contributed by atoms with van der Waals surface area (Å²) in [4.78, 5) is 8.57. The summed E-state index contributed by atoms with van der Waals surface area (Å²) >= 11 is 5.94. The molecule has 3 aromatic heterocycles. The van der Waals surface area contributed by atoms with Gasteiger partial charge in [0.2, 0.25) is 0 Å². The van der Waals surface area contributed by atoms with Gasteiger partial charge in [0, 0.05) is 36.9 Å². The number of hydrogen-bond acceptors (Lipinski definition) is 3. The molecule has 4 nitrogen and oxygen atoms in total. The van der Waals surface area contributed by atoms with Gasteiger partial charge in [-0.3, -0.25) is 4.98 Å². The molecule has 0 aliphatic carbocycles. The van der Waals surface area contributed by atoms with Gasteiger partial charge in [-0.25, -0.2) is 4.98 Å². The number of halogens is 1. The number of aromatic nitrogens is 3. The minimum absolute atomic E-state index is 0.481. The zero-order valence-electron chi connectivity index (χ0n) is 10.5. The van der Waals surface area contributed by atoms with E-state index in [9.17, 15) is 0 Å². The first-order valence-corrected chi connectivity index (χ1v) is 6.33. The van der Waals surface area contributed by atoms with E-state index in [2.05, 4.69) is 16.0 Å². The quantitative estimate of drug-likeness (QED) is 0.730. The molecule has 3 aromatic rings. The van der Waals surface area contributed by atoms with Gasteiger partial charge in [-0.15, -0.1) is 0 Å². The largest absolute Gasteiger partial charge is 0.328 e. The Hall–Kier alpha value is -1.91. The van der Waals surface area contributed by atoms with Crippen LogP contribution in [0.3, 0.4) is 0 Å². The van der Waals surface area contributed by atoms with Gasteiger partial charge in [-0.1, -0.05) is 11.6 Å². The first-order valence-electron chi connectivity index (χ1n) is 5.95. The fourth-order valence-electron chi connectivity index (χ4n) is 2.19. The molecule has 3 heterocycles. The smallest absolute Gasteiger partial charge is 0.141 e. The van der Waals surface area contributed by atoms with E-state index < -0.39 is 0 Å². The first kappa shape index (κ1) is 12.1. The highest BCUT2D eigenvalue weighted by molar-refractivity contribution is 6.29. The summed E-state index contributed by atoms with van der Waals surface area (Å²) in [6.07, 6.45) is 3.61. The van der Waals surface area contributed by atoms with E-state index in [1.807, 2.05) is 29.9 Å². The van der Waals surface area contributed by atoms with Gasteiger partial charge >= 0.3 is 0 Å². The molecule has 0 fully saturated rings. The minimum Gasteiger partial charge on any atom is -0.328 e. The maximum absolute atomic E-state index is 5.94. The van der Waals surface area contributed by atoms with Crippen molar-refractivity contribution in [3.8, 4) is 11.3 Å². The van der Waals surface area contributed by atoms with Gasteiger partial charge in [-0.05, 0) is 29.8 Å². The highest BCUT2D eigenvalue weighted by atomic mass is 35.5. The Balaban J connectivity index is 2.21. The normalized spacial score (nSPS) is 11.1. The molecule has 96 valence electrons. The second-order valence-electron chi connectivity index (χ2n) is 4.42. The molecule has 0 aliphatic rings. The summed E-state index contributed by atoms with van der Waals surface area (Å²) in [6, 6.07) is 7.88. The number of fused-ring (bicyclic) bond motifs is 1. The number of nitrogens with zero attached hydrogens (tertiary/aromatic N) is 3. The van der Waals surface area contributed by atoms with Crippen molar-refractivity contribution in [1.29, 1.82) is 0 Å². The van der Waals surface area contributed by atoms with Crippen molar-refractivity contribution in [2.24, 2.45) is 12.8 Å². The summed E-state index contributed by atoms with van der Waals surface area (Å²) in [6.45, 7) is 0.481. The van der Waals surface area contributed by atoms with Gasteiger partial charge in [-0.2, -0.15) is 0 Å². The maximum atomic E-state index is 5.94. The second kappa shape index (κ2) is 4.64. The molecule has 0 aromatic carbocycles. The lowest BCUT2D eigenvalue weighted by Gasteiger charge is -2.05. The standard InChI is InChI=1S/C14H13ClN4/c1-19-12(11-4-9(6-16)7-17-8-11)5-10-2-3-13(15)18-14(10)19/h2-5,7-8H,6,16H2,1H3. The zero-order chi connectivity index (χ0) is 13.4. The summed E-state index contributed by atoms with van der Waals surface area (Å²) in [5.41, 5.74) is 9.60. The van der Waals surface area contributed by atoms with Crippen LogP contribution in [0.2, 0.25) is 5.15 Å². The average molecular weight is 273 g/mol. The van der Waals surface area contributed by atoms with E-state index in [1.54, 1.807) is 12.3 Å². The lowest BCUT2D eigenvalue weighted by molar-refractivity contribution is 0.953. The number of nitrogens with two attached hydrogens (primary N) is 1. The predicted octanol–water partition coefficient (Wildman–Crippen LogP) is 2.75. The first-order chi connectivity index (χ1) is 9.19. The molecule has 19 heavy (non-hydrogen) atoms. The number of aryl methyl sites for hydroxylation is 1. The Kier molecular flexibility index (Phi) is 2.97. The van der Waals surface area contributed by atoms with Crippen molar-refractivity contribution in [2.45, 2.75) is 6.54 Å². The fourth-order valence-corrected chi connectivity index (χ4v) is 2.33. The lowest BCUT2D eigenvalue weighted by atomic mass is 10.1. The molecule has 5 heteroatoms. The van der Waals surface area contributed by atoms with Crippen LogP contribution in [-0.4, -0.2) is 14.5 Å².